The minimum absolute atomic E-state index is 0.299. The molecule has 5 nitrogen and oxygen atoms in total. The highest BCUT2D eigenvalue weighted by atomic mass is 35.5. The van der Waals surface area contributed by atoms with Crippen molar-refractivity contribution in [3.05, 3.63) is 69.7 Å². The summed E-state index contributed by atoms with van der Waals surface area (Å²) in [6.45, 7) is 0. The lowest BCUT2D eigenvalue weighted by atomic mass is 10.0. The van der Waals surface area contributed by atoms with Gasteiger partial charge in [-0.3, -0.25) is 15.0 Å². The molecule has 2 atom stereocenters. The Bertz CT molecular complexity index is 732. The van der Waals surface area contributed by atoms with Crippen molar-refractivity contribution in [2.24, 2.45) is 0 Å². The van der Waals surface area contributed by atoms with Crippen LogP contribution in [0.25, 0.3) is 0 Å². The quantitative estimate of drug-likeness (QED) is 0.797. The number of hydrazine groups is 1. The molecule has 1 aliphatic rings. The lowest BCUT2D eigenvalue weighted by Gasteiger charge is -2.18. The first-order valence-corrected chi connectivity index (χ1v) is 7.67. The largest absolute Gasteiger partial charge is 0.338 e. The van der Waals surface area contributed by atoms with Crippen LogP contribution in [0, 0.1) is 0 Å². The molecule has 0 aliphatic carbocycles. The zero-order valence-corrected chi connectivity index (χ0v) is 13.4. The monoisotopic (exact) mass is 349 g/mol. The summed E-state index contributed by atoms with van der Waals surface area (Å²) in [6.07, 6.45) is 0. The van der Waals surface area contributed by atoms with Crippen LogP contribution < -0.4 is 16.2 Å². The Balaban J connectivity index is 1.78. The summed E-state index contributed by atoms with van der Waals surface area (Å²) < 4.78 is 0. The lowest BCUT2D eigenvalue weighted by Crippen LogP contribution is -2.42. The van der Waals surface area contributed by atoms with Gasteiger partial charge in [0, 0.05) is 15.6 Å². The van der Waals surface area contributed by atoms with Gasteiger partial charge in [-0.1, -0.05) is 35.3 Å². The predicted octanol–water partition coefficient (Wildman–Crippen LogP) is 2.47. The molecule has 23 heavy (non-hydrogen) atoms. The first-order chi connectivity index (χ1) is 11.0. The van der Waals surface area contributed by atoms with Crippen molar-refractivity contribution in [2.45, 2.75) is 12.1 Å². The van der Waals surface area contributed by atoms with Gasteiger partial charge in [0.25, 0.3) is 11.8 Å². The summed E-state index contributed by atoms with van der Waals surface area (Å²) in [5.41, 5.74) is 6.70. The molecule has 2 aromatic rings. The number of benzene rings is 2. The normalized spacial score (nSPS) is 20.2. The van der Waals surface area contributed by atoms with Crippen molar-refractivity contribution in [3.8, 4) is 0 Å². The highest BCUT2D eigenvalue weighted by molar-refractivity contribution is 6.30. The van der Waals surface area contributed by atoms with Crippen LogP contribution in [-0.2, 0) is 4.79 Å². The molecule has 0 bridgehead atoms. The molecule has 2 amide bonds. The number of halogens is 2. The number of nitrogens with one attached hydrogen (secondary N) is 3. The van der Waals surface area contributed by atoms with Crippen LogP contribution in [0.3, 0.4) is 0 Å². The van der Waals surface area contributed by atoms with Crippen molar-refractivity contribution in [1.29, 1.82) is 0 Å². The lowest BCUT2D eigenvalue weighted by molar-refractivity contribution is -0.121. The van der Waals surface area contributed by atoms with Crippen LogP contribution in [-0.4, -0.2) is 17.9 Å². The van der Waals surface area contributed by atoms with E-state index >= 15 is 0 Å². The topological polar surface area (TPSA) is 70.2 Å². The maximum Gasteiger partial charge on any atom is 0.258 e. The molecule has 0 radical (unpaired) electrons. The number of hydrogen-bond acceptors (Lipinski definition) is 3. The molecular weight excluding hydrogens is 337 g/mol. The Morgan fingerprint density at radius 2 is 1.52 bits per heavy atom. The van der Waals surface area contributed by atoms with E-state index in [1.54, 1.807) is 36.4 Å². The molecule has 1 fully saturated rings. The molecule has 3 N–H and O–H groups in total. The number of amides is 2. The summed E-state index contributed by atoms with van der Waals surface area (Å²) in [6, 6.07) is 12.4. The second-order valence-electron chi connectivity index (χ2n) is 5.12. The van der Waals surface area contributed by atoms with Crippen molar-refractivity contribution in [3.63, 3.8) is 0 Å². The maximum absolute atomic E-state index is 12.3. The summed E-state index contributed by atoms with van der Waals surface area (Å²) in [5, 5.41) is 3.88. The predicted molar refractivity (Wildman–Crippen MR) is 88.2 cm³/mol. The summed E-state index contributed by atoms with van der Waals surface area (Å²) in [5.74, 6) is -0.642. The summed E-state index contributed by atoms with van der Waals surface area (Å²) in [4.78, 5) is 24.3. The molecule has 118 valence electrons. The molecule has 0 spiro atoms. The maximum atomic E-state index is 12.3. The van der Waals surface area contributed by atoms with E-state index in [0.717, 1.165) is 5.56 Å². The zero-order valence-electron chi connectivity index (χ0n) is 11.8. The molecule has 0 saturated carbocycles. The third-order valence-electron chi connectivity index (χ3n) is 3.59. The number of carbonyl (C=O) groups is 2. The Hall–Kier alpha value is -2.08. The third kappa shape index (κ3) is 3.47. The molecule has 1 saturated heterocycles. The highest BCUT2D eigenvalue weighted by Gasteiger charge is 2.36. The van der Waals surface area contributed by atoms with Crippen molar-refractivity contribution in [2.75, 3.05) is 0 Å². The van der Waals surface area contributed by atoms with E-state index < -0.39 is 6.04 Å². The van der Waals surface area contributed by atoms with E-state index in [2.05, 4.69) is 16.2 Å². The highest BCUT2D eigenvalue weighted by Crippen LogP contribution is 2.22. The fourth-order valence-electron chi connectivity index (χ4n) is 2.38. The van der Waals surface area contributed by atoms with Gasteiger partial charge in [-0.05, 0) is 42.0 Å². The Morgan fingerprint density at radius 1 is 0.957 bits per heavy atom. The average molecular weight is 350 g/mol. The Morgan fingerprint density at radius 3 is 2.13 bits per heavy atom. The number of hydrogen-bond donors (Lipinski definition) is 3. The summed E-state index contributed by atoms with van der Waals surface area (Å²) in [7, 11) is 0. The van der Waals surface area contributed by atoms with Crippen LogP contribution in [0.5, 0.6) is 0 Å². The standard InChI is InChI=1S/C16H13Cl2N3O2/c17-11-5-1-9(2-6-11)13-14(16(23)21-20-13)19-15(22)10-3-7-12(18)8-4-10/h1-8,13-14,20H,(H,19,22)(H,21,23)/t13-,14+/m0/s1. The fraction of sp³-hybridized carbons (Fsp3) is 0.125. The van der Waals surface area contributed by atoms with E-state index in [1.807, 2.05) is 12.1 Å². The third-order valence-corrected chi connectivity index (χ3v) is 4.09. The van der Waals surface area contributed by atoms with Gasteiger partial charge in [-0.25, -0.2) is 5.43 Å². The Labute approximate surface area is 142 Å². The van der Waals surface area contributed by atoms with E-state index in [1.165, 1.54) is 0 Å². The van der Waals surface area contributed by atoms with E-state index in [4.69, 9.17) is 23.2 Å². The second-order valence-corrected chi connectivity index (χ2v) is 5.99. The van der Waals surface area contributed by atoms with Gasteiger partial charge in [0.05, 0.1) is 6.04 Å². The van der Waals surface area contributed by atoms with Gasteiger partial charge in [-0.15, -0.1) is 0 Å². The van der Waals surface area contributed by atoms with Crippen LogP contribution in [0.1, 0.15) is 22.0 Å². The van der Waals surface area contributed by atoms with Gasteiger partial charge >= 0.3 is 0 Å². The van der Waals surface area contributed by atoms with Crippen LogP contribution >= 0.6 is 23.2 Å². The van der Waals surface area contributed by atoms with Gasteiger partial charge in [0.15, 0.2) is 0 Å². The van der Waals surface area contributed by atoms with Gasteiger partial charge < -0.3 is 5.32 Å². The Kier molecular flexibility index (Phi) is 4.52. The molecule has 0 aromatic heterocycles. The van der Waals surface area contributed by atoms with Gasteiger partial charge in [0.2, 0.25) is 0 Å². The molecular formula is C16H13Cl2N3O2. The number of rotatable bonds is 3. The van der Waals surface area contributed by atoms with Gasteiger partial charge in [-0.2, -0.15) is 0 Å². The minimum Gasteiger partial charge on any atom is -0.338 e. The smallest absolute Gasteiger partial charge is 0.258 e. The van der Waals surface area contributed by atoms with Crippen LogP contribution in [0.15, 0.2) is 48.5 Å². The molecule has 3 rings (SSSR count). The SMILES string of the molecule is O=C(N[C@H]1C(=O)NN[C@H]1c1ccc(Cl)cc1)c1ccc(Cl)cc1. The van der Waals surface area contributed by atoms with Gasteiger partial charge in [0.1, 0.15) is 6.04 Å². The zero-order chi connectivity index (χ0) is 16.4. The molecule has 1 heterocycles. The first kappa shape index (κ1) is 15.8. The molecule has 7 heteroatoms. The van der Waals surface area contributed by atoms with E-state index in [9.17, 15) is 9.59 Å². The number of carbonyl (C=O) groups excluding carboxylic acids is 2. The average Bonchev–Trinajstić information content (AvgIpc) is 2.90. The molecule has 2 aromatic carbocycles. The second kappa shape index (κ2) is 6.58. The first-order valence-electron chi connectivity index (χ1n) is 6.92. The van der Waals surface area contributed by atoms with Crippen LogP contribution in [0.2, 0.25) is 10.0 Å². The van der Waals surface area contributed by atoms with E-state index in [0.29, 0.717) is 15.6 Å². The molecule has 0 unspecified atom stereocenters. The molecule has 1 aliphatic heterocycles. The van der Waals surface area contributed by atoms with Crippen molar-refractivity contribution >= 4 is 35.0 Å². The summed E-state index contributed by atoms with van der Waals surface area (Å²) >= 11 is 11.7. The fourth-order valence-corrected chi connectivity index (χ4v) is 2.63. The van der Waals surface area contributed by atoms with Crippen molar-refractivity contribution in [1.82, 2.24) is 16.2 Å². The minimum atomic E-state index is -0.723. The van der Waals surface area contributed by atoms with E-state index in [-0.39, 0.29) is 17.9 Å². The van der Waals surface area contributed by atoms with Crippen molar-refractivity contribution < 1.29 is 9.59 Å². The van der Waals surface area contributed by atoms with Crippen LogP contribution in [0.4, 0.5) is 0 Å².